The van der Waals surface area contributed by atoms with Crippen LogP contribution in [0.25, 0.3) is 0 Å². The zero-order valence-corrected chi connectivity index (χ0v) is 21.1. The van der Waals surface area contributed by atoms with Crippen LogP contribution in [0.3, 0.4) is 0 Å². The Bertz CT molecular complexity index is 1440. The summed E-state index contributed by atoms with van der Waals surface area (Å²) in [5.74, 6) is -1.67. The zero-order chi connectivity index (χ0) is 26.4. The third-order valence-electron chi connectivity index (χ3n) is 8.03. The first-order valence-corrected chi connectivity index (χ1v) is 13.0. The summed E-state index contributed by atoms with van der Waals surface area (Å²) in [6, 6.07) is 23.1. The SMILES string of the molecule is O=C(COC(=O)c1cccc(N2C(=O)[C@@H]3[C@@H]4C[C@@H]([C@H]3C2=O)[C@H](c2ccccc2)C4)c1)Nc1cccc(Cl)c1. The molecular weight excluding hydrogens is 504 g/mol. The molecule has 3 aromatic rings. The first-order valence-electron chi connectivity index (χ1n) is 12.7. The Hall–Kier alpha value is -3.97. The fourth-order valence-electron chi connectivity index (χ4n) is 6.55. The average Bonchev–Trinajstić information content (AvgIpc) is 3.59. The third-order valence-corrected chi connectivity index (χ3v) is 8.26. The molecule has 3 amide bonds. The molecule has 5 atom stereocenters. The van der Waals surface area contributed by atoms with Gasteiger partial charge in [0.2, 0.25) is 11.8 Å². The molecule has 0 spiro atoms. The van der Waals surface area contributed by atoms with E-state index in [1.54, 1.807) is 36.4 Å². The molecule has 3 aliphatic rings. The number of carbonyl (C=O) groups excluding carboxylic acids is 4. The monoisotopic (exact) mass is 528 g/mol. The second-order valence-corrected chi connectivity index (χ2v) is 10.6. The van der Waals surface area contributed by atoms with E-state index in [-0.39, 0.29) is 47.0 Å². The summed E-state index contributed by atoms with van der Waals surface area (Å²) in [6.07, 6.45) is 1.80. The van der Waals surface area contributed by atoms with Crippen LogP contribution in [-0.2, 0) is 19.1 Å². The van der Waals surface area contributed by atoms with Gasteiger partial charge in [0.15, 0.2) is 6.61 Å². The van der Waals surface area contributed by atoms with Crippen LogP contribution < -0.4 is 10.2 Å². The minimum absolute atomic E-state index is 0.139. The highest BCUT2D eigenvalue weighted by molar-refractivity contribution is 6.30. The standard InChI is InChI=1S/C30H25ClN2O5/c31-20-9-5-10-21(15-20)32-25(34)16-38-30(37)18-8-4-11-22(12-18)33-28(35)26-19-13-23(17-6-2-1-3-7-17)24(14-19)27(26)29(33)36/h1-12,15,19,23-24,26-27H,13-14,16H2,(H,32,34)/t19-,23-,24+,26+,27+/m0/s1. The van der Waals surface area contributed by atoms with Gasteiger partial charge >= 0.3 is 5.97 Å². The first-order chi connectivity index (χ1) is 18.4. The molecule has 6 rings (SSSR count). The summed E-state index contributed by atoms with van der Waals surface area (Å²) in [5, 5.41) is 3.08. The van der Waals surface area contributed by atoms with Gasteiger partial charge in [0, 0.05) is 10.7 Å². The molecule has 192 valence electrons. The van der Waals surface area contributed by atoms with Crippen molar-refractivity contribution in [1.29, 1.82) is 0 Å². The molecular formula is C30H25ClN2O5. The number of hydrogen-bond donors (Lipinski definition) is 1. The highest BCUT2D eigenvalue weighted by Crippen LogP contribution is 2.61. The highest BCUT2D eigenvalue weighted by Gasteiger charge is 2.64. The van der Waals surface area contributed by atoms with Crippen LogP contribution in [0, 0.1) is 23.7 Å². The smallest absolute Gasteiger partial charge is 0.338 e. The zero-order valence-electron chi connectivity index (χ0n) is 20.4. The van der Waals surface area contributed by atoms with Crippen molar-refractivity contribution < 1.29 is 23.9 Å². The number of rotatable bonds is 6. The lowest BCUT2D eigenvalue weighted by molar-refractivity contribution is -0.123. The number of esters is 1. The Labute approximate surface area is 224 Å². The predicted octanol–water partition coefficient (Wildman–Crippen LogP) is 5.06. The van der Waals surface area contributed by atoms with Gasteiger partial charge in [0.05, 0.1) is 23.1 Å². The van der Waals surface area contributed by atoms with Crippen molar-refractivity contribution in [2.45, 2.75) is 18.8 Å². The fourth-order valence-corrected chi connectivity index (χ4v) is 6.74. The first kappa shape index (κ1) is 24.4. The quantitative estimate of drug-likeness (QED) is 0.356. The van der Waals surface area contributed by atoms with Crippen molar-refractivity contribution >= 4 is 46.7 Å². The van der Waals surface area contributed by atoms with Crippen molar-refractivity contribution in [2.24, 2.45) is 23.7 Å². The molecule has 3 aromatic carbocycles. The molecule has 8 heteroatoms. The van der Waals surface area contributed by atoms with E-state index in [1.807, 2.05) is 18.2 Å². The molecule has 0 radical (unpaired) electrons. The van der Waals surface area contributed by atoms with Gasteiger partial charge in [-0.25, -0.2) is 4.79 Å². The largest absolute Gasteiger partial charge is 0.452 e. The van der Waals surface area contributed by atoms with E-state index in [0.29, 0.717) is 16.4 Å². The van der Waals surface area contributed by atoms with Gasteiger partial charge in [-0.05, 0) is 72.6 Å². The molecule has 3 fully saturated rings. The van der Waals surface area contributed by atoms with Crippen LogP contribution in [0.5, 0.6) is 0 Å². The van der Waals surface area contributed by atoms with E-state index in [4.69, 9.17) is 16.3 Å². The van der Waals surface area contributed by atoms with Gasteiger partial charge in [0.1, 0.15) is 0 Å². The number of amides is 3. The Morgan fingerprint density at radius 2 is 1.66 bits per heavy atom. The minimum atomic E-state index is -0.725. The molecule has 0 unspecified atom stereocenters. The van der Waals surface area contributed by atoms with Gasteiger partial charge in [-0.15, -0.1) is 0 Å². The van der Waals surface area contributed by atoms with Crippen molar-refractivity contribution in [3.8, 4) is 0 Å². The number of halogens is 1. The fraction of sp³-hybridized carbons (Fsp3) is 0.267. The maximum absolute atomic E-state index is 13.6. The van der Waals surface area contributed by atoms with E-state index in [9.17, 15) is 19.2 Å². The van der Waals surface area contributed by atoms with E-state index >= 15 is 0 Å². The van der Waals surface area contributed by atoms with Gasteiger partial charge in [0.25, 0.3) is 5.91 Å². The van der Waals surface area contributed by atoms with Crippen molar-refractivity contribution in [3.63, 3.8) is 0 Å². The molecule has 2 saturated carbocycles. The number of ether oxygens (including phenoxy) is 1. The van der Waals surface area contributed by atoms with E-state index in [0.717, 1.165) is 12.8 Å². The Morgan fingerprint density at radius 3 is 2.45 bits per heavy atom. The molecule has 0 aromatic heterocycles. The minimum Gasteiger partial charge on any atom is -0.452 e. The molecule has 2 bridgehead atoms. The number of imide groups is 1. The van der Waals surface area contributed by atoms with Crippen molar-refractivity contribution in [2.75, 3.05) is 16.8 Å². The molecule has 1 N–H and O–H groups in total. The van der Waals surface area contributed by atoms with E-state index in [1.165, 1.54) is 22.6 Å². The molecule has 7 nitrogen and oxygen atoms in total. The Kier molecular flexibility index (Phi) is 6.24. The van der Waals surface area contributed by atoms with Crippen LogP contribution in [0.4, 0.5) is 11.4 Å². The van der Waals surface area contributed by atoms with Crippen molar-refractivity contribution in [1.82, 2.24) is 0 Å². The lowest BCUT2D eigenvalue weighted by Crippen LogP contribution is -2.33. The number of hydrogen-bond acceptors (Lipinski definition) is 5. The summed E-state index contributed by atoms with van der Waals surface area (Å²) in [5.41, 5.74) is 2.21. The third kappa shape index (κ3) is 4.27. The summed E-state index contributed by atoms with van der Waals surface area (Å²) in [7, 11) is 0. The second kappa shape index (κ2) is 9.72. The lowest BCUT2D eigenvalue weighted by Gasteiger charge is -2.28. The predicted molar refractivity (Wildman–Crippen MR) is 142 cm³/mol. The average molecular weight is 529 g/mol. The number of anilines is 2. The molecule has 1 aliphatic heterocycles. The van der Waals surface area contributed by atoms with Gasteiger partial charge in [-0.3, -0.25) is 19.3 Å². The highest BCUT2D eigenvalue weighted by atomic mass is 35.5. The number of carbonyl (C=O) groups is 4. The Morgan fingerprint density at radius 1 is 0.895 bits per heavy atom. The normalized spacial score (nSPS) is 25.4. The van der Waals surface area contributed by atoms with Crippen LogP contribution in [0.1, 0.15) is 34.7 Å². The van der Waals surface area contributed by atoms with Gasteiger partial charge < -0.3 is 10.1 Å². The number of fused-ring (bicyclic) bond motifs is 5. The molecule has 1 heterocycles. The second-order valence-electron chi connectivity index (χ2n) is 10.2. The summed E-state index contributed by atoms with van der Waals surface area (Å²) in [4.78, 5) is 53.2. The van der Waals surface area contributed by atoms with Crippen LogP contribution in [-0.4, -0.2) is 30.3 Å². The van der Waals surface area contributed by atoms with Crippen molar-refractivity contribution in [3.05, 3.63) is 95.0 Å². The number of nitrogens with one attached hydrogen (secondary N) is 1. The Balaban J connectivity index is 1.14. The topological polar surface area (TPSA) is 92.8 Å². The molecule has 1 saturated heterocycles. The lowest BCUT2D eigenvalue weighted by atomic mass is 9.73. The summed E-state index contributed by atoms with van der Waals surface area (Å²) in [6.45, 7) is -0.495. The van der Waals surface area contributed by atoms with E-state index < -0.39 is 18.5 Å². The van der Waals surface area contributed by atoms with Crippen LogP contribution in [0.15, 0.2) is 78.9 Å². The van der Waals surface area contributed by atoms with Crippen LogP contribution in [0.2, 0.25) is 5.02 Å². The summed E-state index contributed by atoms with van der Waals surface area (Å²) >= 11 is 5.92. The van der Waals surface area contributed by atoms with Gasteiger partial charge in [-0.2, -0.15) is 0 Å². The van der Waals surface area contributed by atoms with E-state index in [2.05, 4.69) is 17.4 Å². The maximum atomic E-state index is 13.6. The summed E-state index contributed by atoms with van der Waals surface area (Å²) < 4.78 is 5.17. The molecule has 2 aliphatic carbocycles. The maximum Gasteiger partial charge on any atom is 0.338 e. The number of nitrogens with zero attached hydrogens (tertiary/aromatic N) is 1. The van der Waals surface area contributed by atoms with Gasteiger partial charge in [-0.1, -0.05) is 54.1 Å². The molecule has 38 heavy (non-hydrogen) atoms. The number of benzene rings is 3. The van der Waals surface area contributed by atoms with Crippen LogP contribution >= 0.6 is 11.6 Å².